The van der Waals surface area contributed by atoms with Crippen molar-refractivity contribution in [2.24, 2.45) is 0 Å². The van der Waals surface area contributed by atoms with E-state index in [0.29, 0.717) is 0 Å². The van der Waals surface area contributed by atoms with E-state index in [-0.39, 0.29) is 0 Å². The van der Waals surface area contributed by atoms with E-state index in [1.807, 2.05) is 36.4 Å². The third kappa shape index (κ3) is 3.57. The molecule has 0 saturated carbocycles. The summed E-state index contributed by atoms with van der Waals surface area (Å²) in [5.74, 6) is 0. The Bertz CT molecular complexity index is 1770. The summed E-state index contributed by atoms with van der Waals surface area (Å²) in [5, 5.41) is 13.3. The lowest BCUT2D eigenvalue weighted by atomic mass is 9.55. The molecule has 1 unspecified atom stereocenters. The molecule has 40 heavy (non-hydrogen) atoms. The molecule has 0 spiro atoms. The van der Waals surface area contributed by atoms with E-state index in [4.69, 9.17) is 0 Å². The Morgan fingerprint density at radius 1 is 0.425 bits per heavy atom. The molecule has 6 aromatic rings. The van der Waals surface area contributed by atoms with Crippen molar-refractivity contribution in [2.75, 3.05) is 0 Å². The van der Waals surface area contributed by atoms with Crippen LogP contribution in [0.4, 0.5) is 0 Å². The first-order chi connectivity index (χ1) is 19.6. The predicted molar refractivity (Wildman–Crippen MR) is 166 cm³/mol. The zero-order valence-corrected chi connectivity index (χ0v) is 23.4. The molecule has 0 amide bonds. The average molecular weight is 580 g/mol. The van der Waals surface area contributed by atoms with E-state index in [2.05, 4.69) is 137 Å². The highest BCUT2D eigenvalue weighted by Crippen LogP contribution is 2.58. The van der Waals surface area contributed by atoms with Gasteiger partial charge in [0.25, 0.3) is 0 Å². The maximum atomic E-state index is 13.3. The lowest BCUT2D eigenvalue weighted by molar-refractivity contribution is 0.119. The molecule has 192 valence electrons. The van der Waals surface area contributed by atoms with E-state index in [0.717, 1.165) is 54.5 Å². The van der Waals surface area contributed by atoms with Gasteiger partial charge in [-0.15, -0.1) is 0 Å². The molecule has 0 heterocycles. The van der Waals surface area contributed by atoms with Crippen LogP contribution in [0.2, 0.25) is 0 Å². The minimum absolute atomic E-state index is 0.622. The maximum absolute atomic E-state index is 13.3. The molecule has 0 aliphatic heterocycles. The minimum atomic E-state index is -1.39. The summed E-state index contributed by atoms with van der Waals surface area (Å²) in [6.45, 7) is 0. The highest BCUT2D eigenvalue weighted by Gasteiger charge is 2.52. The first kappa shape index (κ1) is 24.8. The van der Waals surface area contributed by atoms with Crippen LogP contribution in [-0.4, -0.2) is 5.11 Å². The molecule has 2 heteroatoms. The van der Waals surface area contributed by atoms with Crippen molar-refractivity contribution < 1.29 is 5.11 Å². The number of hydrogen-bond donors (Lipinski definition) is 1. The van der Waals surface area contributed by atoms with Gasteiger partial charge >= 0.3 is 0 Å². The average Bonchev–Trinajstić information content (AvgIpc) is 3.03. The molecule has 0 fully saturated rings. The quantitative estimate of drug-likeness (QED) is 0.221. The number of benzene rings is 6. The second kappa shape index (κ2) is 9.75. The van der Waals surface area contributed by atoms with Crippen molar-refractivity contribution in [2.45, 2.75) is 11.0 Å². The van der Waals surface area contributed by atoms with Gasteiger partial charge in [0, 0.05) is 10.0 Å². The second-order valence-electron chi connectivity index (χ2n) is 10.3. The topological polar surface area (TPSA) is 20.2 Å². The van der Waals surface area contributed by atoms with Gasteiger partial charge in [-0.05, 0) is 56.6 Å². The molecular formula is C38H27BrO. The van der Waals surface area contributed by atoms with E-state index >= 15 is 0 Å². The highest BCUT2D eigenvalue weighted by atomic mass is 79.9. The molecule has 0 saturated heterocycles. The van der Waals surface area contributed by atoms with Crippen LogP contribution < -0.4 is 0 Å². The first-order valence-electron chi connectivity index (χ1n) is 13.5. The van der Waals surface area contributed by atoms with Crippen molar-refractivity contribution in [3.8, 4) is 11.1 Å². The summed E-state index contributed by atoms with van der Waals surface area (Å²) in [7, 11) is 0. The standard InChI is InChI=1S/C38H27BrO/c39-30-24-25-34-36(26-30)38(40,32-21-11-10-20-31(32)27-14-4-1-5-15-27)35-23-13-12-22-33(35)37(34,28-16-6-2-7-17-28)29-18-8-3-9-19-29/h1-26,40H. The smallest absolute Gasteiger partial charge is 0.141 e. The number of aliphatic hydroxyl groups is 1. The van der Waals surface area contributed by atoms with E-state index in [1.54, 1.807) is 0 Å². The van der Waals surface area contributed by atoms with Gasteiger partial charge < -0.3 is 5.11 Å². The Hall–Kier alpha value is -4.24. The van der Waals surface area contributed by atoms with Gasteiger partial charge in [0.2, 0.25) is 0 Å². The number of fused-ring (bicyclic) bond motifs is 2. The van der Waals surface area contributed by atoms with Crippen LogP contribution in [0.3, 0.4) is 0 Å². The molecule has 1 aliphatic rings. The van der Waals surface area contributed by atoms with Crippen molar-refractivity contribution in [3.05, 3.63) is 201 Å². The van der Waals surface area contributed by atoms with Gasteiger partial charge in [0.1, 0.15) is 5.60 Å². The first-order valence-corrected chi connectivity index (χ1v) is 14.3. The minimum Gasteiger partial charge on any atom is -0.376 e. The van der Waals surface area contributed by atoms with Crippen LogP contribution >= 0.6 is 15.9 Å². The Morgan fingerprint density at radius 2 is 0.900 bits per heavy atom. The molecule has 6 aromatic carbocycles. The van der Waals surface area contributed by atoms with Gasteiger partial charge in [-0.2, -0.15) is 0 Å². The molecule has 0 aromatic heterocycles. The van der Waals surface area contributed by atoms with E-state index < -0.39 is 11.0 Å². The Morgan fingerprint density at radius 3 is 1.52 bits per heavy atom. The summed E-state index contributed by atoms with van der Waals surface area (Å²) in [6, 6.07) is 54.8. The SMILES string of the molecule is OC1(c2ccccc2-c2ccccc2)c2ccccc2C(c2ccccc2)(c2ccccc2)c2ccc(Br)cc21. The second-order valence-corrected chi connectivity index (χ2v) is 11.3. The van der Waals surface area contributed by atoms with Crippen LogP contribution in [0.25, 0.3) is 11.1 Å². The Kier molecular flexibility index (Phi) is 6.04. The van der Waals surface area contributed by atoms with E-state index in [1.165, 1.54) is 0 Å². The molecule has 0 radical (unpaired) electrons. The summed E-state index contributed by atoms with van der Waals surface area (Å²) >= 11 is 3.76. The largest absolute Gasteiger partial charge is 0.376 e. The maximum Gasteiger partial charge on any atom is 0.141 e. The highest BCUT2D eigenvalue weighted by molar-refractivity contribution is 9.10. The molecular weight excluding hydrogens is 552 g/mol. The van der Waals surface area contributed by atoms with Crippen LogP contribution in [0.5, 0.6) is 0 Å². The molecule has 1 aliphatic carbocycles. The Labute approximate surface area is 243 Å². The summed E-state index contributed by atoms with van der Waals surface area (Å²) in [4.78, 5) is 0. The van der Waals surface area contributed by atoms with Gasteiger partial charge in [0.05, 0.1) is 5.41 Å². The van der Waals surface area contributed by atoms with Crippen molar-refractivity contribution >= 4 is 15.9 Å². The monoisotopic (exact) mass is 578 g/mol. The fraction of sp³-hybridized carbons (Fsp3) is 0.0526. The molecule has 1 nitrogen and oxygen atoms in total. The lowest BCUT2D eigenvalue weighted by Gasteiger charge is -2.48. The number of hydrogen-bond acceptors (Lipinski definition) is 1. The summed E-state index contributed by atoms with van der Waals surface area (Å²) < 4.78 is 0.927. The predicted octanol–water partition coefficient (Wildman–Crippen LogP) is 9.10. The number of halogens is 1. The van der Waals surface area contributed by atoms with Gasteiger partial charge in [-0.25, -0.2) is 0 Å². The molecule has 1 atom stereocenters. The third-order valence-corrected chi connectivity index (χ3v) is 8.80. The zero-order valence-electron chi connectivity index (χ0n) is 21.8. The van der Waals surface area contributed by atoms with Gasteiger partial charge in [-0.3, -0.25) is 0 Å². The van der Waals surface area contributed by atoms with Crippen molar-refractivity contribution in [3.63, 3.8) is 0 Å². The third-order valence-electron chi connectivity index (χ3n) is 8.31. The Balaban J connectivity index is 1.65. The lowest BCUT2D eigenvalue weighted by Crippen LogP contribution is -2.45. The molecule has 1 N–H and O–H groups in total. The zero-order chi connectivity index (χ0) is 27.2. The fourth-order valence-corrected chi connectivity index (χ4v) is 7.04. The summed E-state index contributed by atoms with van der Waals surface area (Å²) in [6.07, 6.45) is 0. The van der Waals surface area contributed by atoms with Crippen molar-refractivity contribution in [1.82, 2.24) is 0 Å². The summed E-state index contributed by atoms with van der Waals surface area (Å²) in [5.41, 5.74) is 7.16. The van der Waals surface area contributed by atoms with Crippen LogP contribution in [0, 0.1) is 0 Å². The van der Waals surface area contributed by atoms with Gasteiger partial charge in [0.15, 0.2) is 0 Å². The normalized spacial score (nSPS) is 17.1. The van der Waals surface area contributed by atoms with Gasteiger partial charge in [-0.1, -0.05) is 162 Å². The van der Waals surface area contributed by atoms with Crippen molar-refractivity contribution in [1.29, 1.82) is 0 Å². The molecule has 0 bridgehead atoms. The van der Waals surface area contributed by atoms with Crippen LogP contribution in [0.15, 0.2) is 162 Å². The van der Waals surface area contributed by atoms with Crippen LogP contribution in [0.1, 0.15) is 38.9 Å². The van der Waals surface area contributed by atoms with Crippen LogP contribution in [-0.2, 0) is 11.0 Å². The van der Waals surface area contributed by atoms with E-state index in [9.17, 15) is 5.11 Å². The fourth-order valence-electron chi connectivity index (χ4n) is 6.68. The number of rotatable bonds is 4. The molecule has 7 rings (SSSR count).